The lowest BCUT2D eigenvalue weighted by atomic mass is 9.95. The second-order valence-corrected chi connectivity index (χ2v) is 15.2. The molecule has 2 aromatic rings. The average Bonchev–Trinajstić information content (AvgIpc) is 3.24. The molecule has 284 valence electrons. The summed E-state index contributed by atoms with van der Waals surface area (Å²) >= 11 is 0. The van der Waals surface area contributed by atoms with Crippen LogP contribution in [0.4, 0.5) is 8.78 Å². The molecule has 30 heteroatoms. The Balaban J connectivity index is 0.000000303. The van der Waals surface area contributed by atoms with Gasteiger partial charge in [0.25, 0.3) is 22.8 Å². The molecular formula is C20H29F2N4O21P3. The number of alkyl halides is 2. The number of rotatable bonds is 10. The number of nitrogens with zero attached hydrogens (tertiary/aromatic N) is 2. The number of hydrogen-bond donors (Lipinski definition) is 11. The zero-order chi connectivity index (χ0) is 38.5. The normalized spacial score (nSPS) is 35.1. The van der Waals surface area contributed by atoms with Crippen molar-refractivity contribution in [3.8, 4) is 0 Å². The van der Waals surface area contributed by atoms with Crippen molar-refractivity contribution >= 4 is 23.5 Å². The monoisotopic (exact) mass is 792 g/mol. The number of halogens is 2. The van der Waals surface area contributed by atoms with Gasteiger partial charge in [-0.25, -0.2) is 32.1 Å². The Morgan fingerprint density at radius 1 is 0.780 bits per heavy atom. The average molecular weight is 792 g/mol. The quantitative estimate of drug-likeness (QED) is 0.102. The number of ether oxygens (including phenoxy) is 2. The topological polar surface area (TPSA) is 389 Å². The predicted octanol–water partition coefficient (Wildman–Crippen LogP) is -3.98. The van der Waals surface area contributed by atoms with Crippen molar-refractivity contribution in [2.45, 2.75) is 61.4 Å². The zero-order valence-corrected chi connectivity index (χ0v) is 27.6. The molecule has 0 aliphatic carbocycles. The van der Waals surface area contributed by atoms with E-state index in [9.17, 15) is 62.6 Å². The maximum atomic E-state index is 15.1. The molecule has 0 amide bonds. The van der Waals surface area contributed by atoms with Crippen molar-refractivity contribution in [3.05, 3.63) is 66.2 Å². The number of aromatic amines is 2. The summed E-state index contributed by atoms with van der Waals surface area (Å²) in [7, 11) is -17.3. The molecule has 2 aromatic heterocycles. The summed E-state index contributed by atoms with van der Waals surface area (Å²) in [6.45, 7) is -1.09. The highest BCUT2D eigenvalue weighted by atomic mass is 31.3. The van der Waals surface area contributed by atoms with Gasteiger partial charge in [0, 0.05) is 24.5 Å². The van der Waals surface area contributed by atoms with E-state index in [-0.39, 0.29) is 0 Å². The summed E-state index contributed by atoms with van der Waals surface area (Å²) in [5, 5.41) is 49.1. The second kappa shape index (κ2) is 14.1. The van der Waals surface area contributed by atoms with Gasteiger partial charge in [0.2, 0.25) is 0 Å². The van der Waals surface area contributed by atoms with E-state index in [1.807, 2.05) is 4.98 Å². The van der Waals surface area contributed by atoms with Crippen LogP contribution in [0.1, 0.15) is 26.3 Å². The third kappa shape index (κ3) is 9.04. The van der Waals surface area contributed by atoms with Crippen molar-refractivity contribution in [1.29, 1.82) is 0 Å². The Hall–Kier alpha value is -2.65. The van der Waals surface area contributed by atoms with Gasteiger partial charge in [-0.15, -0.1) is 0 Å². The molecule has 2 aliphatic heterocycles. The lowest BCUT2D eigenvalue weighted by Gasteiger charge is -2.27. The van der Waals surface area contributed by atoms with Gasteiger partial charge in [-0.3, -0.25) is 33.2 Å². The first kappa shape index (κ1) is 41.8. The molecule has 25 nitrogen and oxygen atoms in total. The number of aliphatic hydroxyl groups is 5. The molecule has 4 heterocycles. The third-order valence-electron chi connectivity index (χ3n) is 6.80. The Labute approximate surface area is 274 Å². The van der Waals surface area contributed by atoms with Gasteiger partial charge in [-0.2, -0.15) is 8.62 Å². The minimum absolute atomic E-state index is 0.483. The Morgan fingerprint density at radius 3 is 1.54 bits per heavy atom. The molecule has 0 bridgehead atoms. The maximum Gasteiger partial charge on any atom is 0.490 e. The van der Waals surface area contributed by atoms with Gasteiger partial charge in [-0.05, 0) is 13.8 Å². The molecule has 10 atom stereocenters. The summed E-state index contributed by atoms with van der Waals surface area (Å²) in [6, 6.07) is 1.78. The number of nitrogens with one attached hydrogen (secondary N) is 2. The second-order valence-electron chi connectivity index (χ2n) is 10.8. The van der Waals surface area contributed by atoms with Crippen LogP contribution in [-0.2, 0) is 36.3 Å². The molecule has 2 aliphatic rings. The maximum absolute atomic E-state index is 15.1. The first-order valence-electron chi connectivity index (χ1n) is 13.1. The molecule has 0 aromatic carbocycles. The molecule has 0 radical (unpaired) electrons. The van der Waals surface area contributed by atoms with Gasteiger partial charge >= 0.3 is 34.8 Å². The molecule has 4 rings (SSSR count). The van der Waals surface area contributed by atoms with Gasteiger partial charge in [0.1, 0.15) is 36.6 Å². The van der Waals surface area contributed by atoms with Crippen LogP contribution < -0.4 is 22.5 Å². The molecule has 0 saturated carbocycles. The minimum Gasteiger partial charge on any atom is -0.390 e. The number of aromatic nitrogens is 4. The van der Waals surface area contributed by atoms with Crippen LogP contribution in [0.2, 0.25) is 0 Å². The lowest BCUT2D eigenvalue weighted by molar-refractivity contribution is -0.207. The first-order chi connectivity index (χ1) is 22.5. The van der Waals surface area contributed by atoms with Crippen molar-refractivity contribution in [3.63, 3.8) is 0 Å². The van der Waals surface area contributed by atoms with Crippen LogP contribution >= 0.6 is 23.5 Å². The number of H-pyrrole nitrogens is 2. The van der Waals surface area contributed by atoms with Gasteiger partial charge in [-0.1, -0.05) is 0 Å². The SMILES string of the molecule is C[C@]1(O)[C@H](n2ccc(=O)[nH]c2=O)O[C@](F)(CO)[C@H]1O.C[C@]1(O)[C@H](n2ccc(=O)[nH]c2=O)O[C@](F)(COP(=O)(O)OP(=O)(O)OP(=O)(O)O)[C@H]1O. The Kier molecular flexibility index (Phi) is 11.7. The fourth-order valence-electron chi connectivity index (χ4n) is 4.49. The summed E-state index contributed by atoms with van der Waals surface area (Å²) in [5.74, 6) is -6.43. The van der Waals surface area contributed by atoms with Crippen molar-refractivity contribution in [1.82, 2.24) is 19.1 Å². The highest BCUT2D eigenvalue weighted by Gasteiger charge is 2.64. The smallest absolute Gasteiger partial charge is 0.390 e. The van der Waals surface area contributed by atoms with Crippen LogP contribution in [0, 0.1) is 0 Å². The van der Waals surface area contributed by atoms with E-state index < -0.39 is 107 Å². The molecule has 11 N–H and O–H groups in total. The highest BCUT2D eigenvalue weighted by Crippen LogP contribution is 2.66. The minimum atomic E-state index is -5.89. The van der Waals surface area contributed by atoms with Crippen LogP contribution in [-0.4, -0.2) is 113 Å². The number of phosphoric ester groups is 1. The fraction of sp³-hybridized carbons (Fsp3) is 0.600. The zero-order valence-electron chi connectivity index (χ0n) is 24.9. The highest BCUT2D eigenvalue weighted by molar-refractivity contribution is 7.66. The Morgan fingerprint density at radius 2 is 1.18 bits per heavy atom. The first-order valence-corrected chi connectivity index (χ1v) is 17.6. The largest absolute Gasteiger partial charge is 0.490 e. The standard InChI is InChI=1S/C10H16FN2O15P3.C10H13FN2O6/c1-9(17)6(15)10(11,26-7(9)13-3-2-5(14)12-8(13)16)4-25-30(21,22)28-31(23,24)27-29(18,19)20;1-9(18)6(16)10(11,4-14)19-7(9)13-3-2-5(15)12-8(13)17/h2-3,6-7,15,17H,4H2,1H3,(H,21,22)(H,23,24)(H,12,14,16)(H2,18,19,20);2-3,6-7,14,16,18H,4H2,1H3,(H,12,15,17)/t2*6-,7+,9+,10+/m00/s1. The lowest BCUT2D eigenvalue weighted by Crippen LogP contribution is -2.50. The molecule has 2 fully saturated rings. The van der Waals surface area contributed by atoms with E-state index in [1.165, 1.54) is 0 Å². The summed E-state index contributed by atoms with van der Waals surface area (Å²) in [6.07, 6.45) is -6.42. The van der Waals surface area contributed by atoms with E-state index in [0.717, 1.165) is 42.9 Å². The van der Waals surface area contributed by atoms with Crippen LogP contribution in [0.25, 0.3) is 0 Å². The van der Waals surface area contributed by atoms with Gasteiger partial charge in [0.05, 0.1) is 0 Å². The van der Waals surface area contributed by atoms with Crippen LogP contribution in [0.15, 0.2) is 43.7 Å². The van der Waals surface area contributed by atoms with E-state index in [4.69, 9.17) is 29.3 Å². The summed E-state index contributed by atoms with van der Waals surface area (Å²) in [4.78, 5) is 84.5. The van der Waals surface area contributed by atoms with Crippen molar-refractivity contribution in [2.24, 2.45) is 0 Å². The molecule has 0 spiro atoms. The summed E-state index contributed by atoms with van der Waals surface area (Å²) in [5.41, 5.74) is -8.39. The van der Waals surface area contributed by atoms with Gasteiger partial charge < -0.3 is 54.6 Å². The number of aliphatic hydroxyl groups excluding tert-OH is 3. The van der Waals surface area contributed by atoms with Gasteiger partial charge in [0.15, 0.2) is 12.5 Å². The van der Waals surface area contributed by atoms with E-state index in [0.29, 0.717) is 4.57 Å². The fourth-order valence-corrected chi connectivity index (χ4v) is 7.53. The molecule has 2 unspecified atom stereocenters. The van der Waals surface area contributed by atoms with Crippen LogP contribution in [0.5, 0.6) is 0 Å². The van der Waals surface area contributed by atoms with E-state index in [1.54, 1.807) is 4.98 Å². The molecular weight excluding hydrogens is 763 g/mol. The predicted molar refractivity (Wildman–Crippen MR) is 151 cm³/mol. The van der Waals surface area contributed by atoms with E-state index in [2.05, 4.69) is 13.1 Å². The molecule has 2 saturated heterocycles. The van der Waals surface area contributed by atoms with E-state index >= 15 is 4.39 Å². The summed E-state index contributed by atoms with van der Waals surface area (Å²) < 4.78 is 84.3. The number of phosphoric acid groups is 3. The Bertz CT molecular complexity index is 1960. The van der Waals surface area contributed by atoms with Crippen LogP contribution in [0.3, 0.4) is 0 Å². The number of hydrogen-bond acceptors (Lipinski definition) is 17. The van der Waals surface area contributed by atoms with Crippen molar-refractivity contribution in [2.75, 3.05) is 13.2 Å². The molecule has 50 heavy (non-hydrogen) atoms. The third-order valence-corrected chi connectivity index (χ3v) is 10.6. The van der Waals surface area contributed by atoms with Crippen molar-refractivity contribution < 1.29 is 90.2 Å².